The Morgan fingerprint density at radius 3 is 2.81 bits per heavy atom. The number of aromatic nitrogens is 2. The maximum atomic E-state index is 12.6. The zero-order chi connectivity index (χ0) is 15.0. The predicted octanol–water partition coefficient (Wildman–Crippen LogP) is 1.87. The van der Waals surface area contributed by atoms with E-state index in [0.29, 0.717) is 0 Å². The zero-order valence-electron chi connectivity index (χ0n) is 12.3. The number of likely N-dealkylation sites (N-methyl/N-ethyl adjacent to an activating group) is 1. The first-order valence-corrected chi connectivity index (χ1v) is 7.67. The Balaban J connectivity index is 2.07. The van der Waals surface area contributed by atoms with E-state index in [9.17, 15) is 4.79 Å². The third-order valence-electron chi connectivity index (χ3n) is 4.25. The van der Waals surface area contributed by atoms with Crippen molar-refractivity contribution in [2.75, 3.05) is 30.1 Å². The second kappa shape index (κ2) is 5.77. The van der Waals surface area contributed by atoms with Crippen LogP contribution in [-0.4, -0.2) is 48.2 Å². The Morgan fingerprint density at radius 1 is 1.43 bits per heavy atom. The number of anilines is 2. The van der Waals surface area contributed by atoms with Crippen molar-refractivity contribution in [2.24, 2.45) is 0 Å². The third kappa shape index (κ3) is 2.46. The molecule has 1 aromatic heterocycles. The normalized spacial score (nSPS) is 23.4. The molecule has 6 nitrogen and oxygen atoms in total. The summed E-state index contributed by atoms with van der Waals surface area (Å²) in [6, 6.07) is 0.0580. The van der Waals surface area contributed by atoms with Crippen LogP contribution in [-0.2, 0) is 9.53 Å². The van der Waals surface area contributed by atoms with Crippen LogP contribution in [0.2, 0.25) is 5.28 Å². The second-order valence-corrected chi connectivity index (χ2v) is 5.76. The predicted molar refractivity (Wildman–Crippen MR) is 80.9 cm³/mol. The Bertz CT molecular complexity index is 548. The van der Waals surface area contributed by atoms with E-state index in [1.807, 2.05) is 6.92 Å². The van der Waals surface area contributed by atoms with Gasteiger partial charge in [0.05, 0.1) is 6.20 Å². The number of halogens is 1. The first-order chi connectivity index (χ1) is 10.1. The van der Waals surface area contributed by atoms with Crippen LogP contribution < -0.4 is 9.80 Å². The summed E-state index contributed by atoms with van der Waals surface area (Å²) in [5, 5.41) is 0.211. The molecular formula is C14H19ClN4O2. The van der Waals surface area contributed by atoms with E-state index in [0.717, 1.165) is 44.0 Å². The van der Waals surface area contributed by atoms with E-state index in [4.69, 9.17) is 16.3 Å². The molecule has 0 spiro atoms. The lowest BCUT2D eigenvalue weighted by atomic mass is 10.00. The molecule has 1 atom stereocenters. The molecule has 7 heteroatoms. The number of fused-ring (bicyclic) bond motifs is 1. The van der Waals surface area contributed by atoms with E-state index < -0.39 is 0 Å². The van der Waals surface area contributed by atoms with Crippen molar-refractivity contribution in [3.63, 3.8) is 0 Å². The highest BCUT2D eigenvalue weighted by Gasteiger charge is 2.40. The van der Waals surface area contributed by atoms with E-state index in [1.54, 1.807) is 18.1 Å². The van der Waals surface area contributed by atoms with Gasteiger partial charge in [0.2, 0.25) is 11.2 Å². The van der Waals surface area contributed by atoms with Gasteiger partial charge in [-0.2, -0.15) is 4.98 Å². The average molecular weight is 311 g/mol. The fourth-order valence-corrected chi connectivity index (χ4v) is 3.27. The summed E-state index contributed by atoms with van der Waals surface area (Å²) in [6.07, 6.45) is 4.16. The summed E-state index contributed by atoms with van der Waals surface area (Å²) in [5.74, 6) is 0.846. The van der Waals surface area contributed by atoms with Crippen LogP contribution in [0, 0.1) is 0 Å². The molecule has 0 N–H and O–H groups in total. The van der Waals surface area contributed by atoms with Crippen molar-refractivity contribution in [1.82, 2.24) is 9.97 Å². The fourth-order valence-electron chi connectivity index (χ4n) is 3.14. The van der Waals surface area contributed by atoms with Crippen molar-refractivity contribution >= 4 is 29.0 Å². The molecule has 2 aliphatic heterocycles. The van der Waals surface area contributed by atoms with Crippen LogP contribution in [0.25, 0.3) is 0 Å². The van der Waals surface area contributed by atoms with Gasteiger partial charge in [0.25, 0.3) is 0 Å². The minimum atomic E-state index is -0.198. The monoisotopic (exact) mass is 310 g/mol. The molecule has 0 aliphatic carbocycles. The van der Waals surface area contributed by atoms with Gasteiger partial charge in [-0.3, -0.25) is 4.79 Å². The lowest BCUT2D eigenvalue weighted by Crippen LogP contribution is -2.57. The van der Waals surface area contributed by atoms with Gasteiger partial charge in [-0.25, -0.2) is 4.98 Å². The quantitative estimate of drug-likeness (QED) is 0.781. The number of ether oxygens (including phenoxy) is 1. The Hall–Kier alpha value is -1.40. The molecule has 0 aromatic carbocycles. The van der Waals surface area contributed by atoms with Crippen molar-refractivity contribution in [1.29, 1.82) is 0 Å². The maximum Gasteiger partial charge on any atom is 0.249 e. The number of carbonyl (C=O) groups excluding carboxylic acids is 1. The molecule has 3 rings (SSSR count). The van der Waals surface area contributed by atoms with Gasteiger partial charge in [0.15, 0.2) is 5.82 Å². The van der Waals surface area contributed by atoms with Crippen LogP contribution in [0.15, 0.2) is 6.20 Å². The molecule has 2 aliphatic rings. The summed E-state index contributed by atoms with van der Waals surface area (Å²) in [7, 11) is 1.77. The van der Waals surface area contributed by atoms with Gasteiger partial charge in [-0.05, 0) is 30.9 Å². The molecule has 0 radical (unpaired) electrons. The van der Waals surface area contributed by atoms with E-state index >= 15 is 0 Å². The Kier molecular flexibility index (Phi) is 3.99. The number of hydrogen-bond acceptors (Lipinski definition) is 5. The molecule has 114 valence electrons. The van der Waals surface area contributed by atoms with Gasteiger partial charge in [0.1, 0.15) is 11.7 Å². The zero-order valence-corrected chi connectivity index (χ0v) is 13.0. The summed E-state index contributed by atoms with van der Waals surface area (Å²) in [4.78, 5) is 24.8. The summed E-state index contributed by atoms with van der Waals surface area (Å²) in [5.41, 5.74) is 0.723. The standard InChI is InChI=1S/C14H19ClN4O2/c1-3-10-13(20)18(2)11-8-16-14(15)17-12(11)19(10)9-4-6-21-7-5-9/h8-10H,3-7H2,1-2H3/t10-/m1/s1. The molecule has 3 heterocycles. The average Bonchev–Trinajstić information content (AvgIpc) is 2.51. The van der Waals surface area contributed by atoms with Crippen molar-refractivity contribution < 1.29 is 9.53 Å². The Morgan fingerprint density at radius 2 is 2.14 bits per heavy atom. The van der Waals surface area contributed by atoms with Crippen LogP contribution in [0.1, 0.15) is 26.2 Å². The van der Waals surface area contributed by atoms with Gasteiger partial charge < -0.3 is 14.5 Å². The lowest BCUT2D eigenvalue weighted by molar-refractivity contribution is -0.120. The van der Waals surface area contributed by atoms with Crippen molar-refractivity contribution in [2.45, 2.75) is 38.3 Å². The lowest BCUT2D eigenvalue weighted by Gasteiger charge is -2.45. The first kappa shape index (κ1) is 14.5. The smallest absolute Gasteiger partial charge is 0.249 e. The molecule has 0 bridgehead atoms. The molecule has 1 saturated heterocycles. The minimum Gasteiger partial charge on any atom is -0.381 e. The van der Waals surface area contributed by atoms with Crippen LogP contribution in [0.4, 0.5) is 11.5 Å². The topological polar surface area (TPSA) is 58.6 Å². The third-order valence-corrected chi connectivity index (χ3v) is 4.43. The molecule has 1 amide bonds. The minimum absolute atomic E-state index is 0.0856. The summed E-state index contributed by atoms with van der Waals surface area (Å²) >= 11 is 5.98. The SMILES string of the molecule is CC[C@@H]1C(=O)N(C)c2cnc(Cl)nc2N1C1CCOCC1. The van der Waals surface area contributed by atoms with Crippen LogP contribution in [0.5, 0.6) is 0 Å². The molecule has 21 heavy (non-hydrogen) atoms. The highest BCUT2D eigenvalue weighted by Crippen LogP contribution is 2.37. The summed E-state index contributed by atoms with van der Waals surface area (Å²) in [6.45, 7) is 3.46. The Labute approximate surface area is 129 Å². The highest BCUT2D eigenvalue weighted by molar-refractivity contribution is 6.28. The molecule has 1 aromatic rings. The fraction of sp³-hybridized carbons (Fsp3) is 0.643. The van der Waals surface area contributed by atoms with Gasteiger partial charge in [-0.1, -0.05) is 6.92 Å². The molecule has 1 fully saturated rings. The van der Waals surface area contributed by atoms with Gasteiger partial charge in [0, 0.05) is 26.3 Å². The largest absolute Gasteiger partial charge is 0.381 e. The van der Waals surface area contributed by atoms with Crippen molar-refractivity contribution in [3.05, 3.63) is 11.5 Å². The molecule has 0 unspecified atom stereocenters. The number of nitrogens with zero attached hydrogens (tertiary/aromatic N) is 4. The first-order valence-electron chi connectivity index (χ1n) is 7.29. The van der Waals surface area contributed by atoms with Crippen LogP contribution >= 0.6 is 11.6 Å². The molecular weight excluding hydrogens is 292 g/mol. The van der Waals surface area contributed by atoms with E-state index in [1.165, 1.54) is 0 Å². The number of carbonyl (C=O) groups is 1. The molecule has 0 saturated carbocycles. The number of amides is 1. The highest BCUT2D eigenvalue weighted by atomic mass is 35.5. The van der Waals surface area contributed by atoms with E-state index in [2.05, 4.69) is 14.9 Å². The van der Waals surface area contributed by atoms with Gasteiger partial charge >= 0.3 is 0 Å². The second-order valence-electron chi connectivity index (χ2n) is 5.42. The van der Waals surface area contributed by atoms with Gasteiger partial charge in [-0.15, -0.1) is 0 Å². The van der Waals surface area contributed by atoms with Crippen molar-refractivity contribution in [3.8, 4) is 0 Å². The summed E-state index contributed by atoms with van der Waals surface area (Å²) < 4.78 is 5.44. The number of hydrogen-bond donors (Lipinski definition) is 0. The van der Waals surface area contributed by atoms with E-state index in [-0.39, 0.29) is 23.3 Å². The van der Waals surface area contributed by atoms with Crippen LogP contribution in [0.3, 0.4) is 0 Å². The number of rotatable bonds is 2. The maximum absolute atomic E-state index is 12.6.